The zero-order valence-corrected chi connectivity index (χ0v) is 10.0. The maximum absolute atomic E-state index is 11.9. The Morgan fingerprint density at radius 3 is 2.47 bits per heavy atom. The SMILES string of the molecule is CNC(=O)CN(C)C(=O)[C@H](N)c1ccccc1. The molecule has 0 aliphatic rings. The Kier molecular flexibility index (Phi) is 4.66. The summed E-state index contributed by atoms with van der Waals surface area (Å²) in [6.07, 6.45) is 0. The van der Waals surface area contributed by atoms with Crippen molar-refractivity contribution in [2.24, 2.45) is 5.73 Å². The van der Waals surface area contributed by atoms with Crippen LogP contribution in [0.5, 0.6) is 0 Å². The minimum absolute atomic E-state index is 0.00979. The number of carbonyl (C=O) groups excluding carboxylic acids is 2. The van der Waals surface area contributed by atoms with Gasteiger partial charge in [0.25, 0.3) is 0 Å². The van der Waals surface area contributed by atoms with Gasteiger partial charge in [0.15, 0.2) is 0 Å². The quantitative estimate of drug-likeness (QED) is 0.764. The van der Waals surface area contributed by atoms with Crippen LogP contribution in [0.4, 0.5) is 0 Å². The lowest BCUT2D eigenvalue weighted by atomic mass is 10.1. The first-order valence-corrected chi connectivity index (χ1v) is 5.32. The van der Waals surface area contributed by atoms with Crippen LogP contribution < -0.4 is 11.1 Å². The third-order valence-electron chi connectivity index (χ3n) is 2.46. The van der Waals surface area contributed by atoms with Crippen molar-refractivity contribution in [3.63, 3.8) is 0 Å². The van der Waals surface area contributed by atoms with Crippen LogP contribution in [0.1, 0.15) is 11.6 Å². The summed E-state index contributed by atoms with van der Waals surface area (Å²) in [5, 5.41) is 2.46. The van der Waals surface area contributed by atoms with Crippen LogP contribution in [0.25, 0.3) is 0 Å². The third-order valence-corrected chi connectivity index (χ3v) is 2.46. The highest BCUT2D eigenvalue weighted by molar-refractivity contribution is 5.87. The van der Waals surface area contributed by atoms with E-state index in [1.54, 1.807) is 19.2 Å². The van der Waals surface area contributed by atoms with Gasteiger partial charge in [0.2, 0.25) is 11.8 Å². The number of rotatable bonds is 4. The lowest BCUT2D eigenvalue weighted by Gasteiger charge is -2.20. The minimum atomic E-state index is -0.731. The molecule has 0 radical (unpaired) electrons. The van der Waals surface area contributed by atoms with E-state index in [1.807, 2.05) is 18.2 Å². The summed E-state index contributed by atoms with van der Waals surface area (Å²) in [4.78, 5) is 24.4. The van der Waals surface area contributed by atoms with Crippen LogP contribution in [0.15, 0.2) is 30.3 Å². The molecule has 0 aliphatic heterocycles. The fourth-order valence-electron chi connectivity index (χ4n) is 1.41. The third kappa shape index (κ3) is 3.57. The van der Waals surface area contributed by atoms with Gasteiger partial charge < -0.3 is 16.0 Å². The van der Waals surface area contributed by atoms with Crippen LogP contribution in [0, 0.1) is 0 Å². The molecule has 1 rings (SSSR count). The highest BCUT2D eigenvalue weighted by Gasteiger charge is 2.20. The highest BCUT2D eigenvalue weighted by Crippen LogP contribution is 2.11. The van der Waals surface area contributed by atoms with Gasteiger partial charge in [-0.1, -0.05) is 30.3 Å². The summed E-state index contributed by atoms with van der Waals surface area (Å²) >= 11 is 0. The molecule has 1 aromatic carbocycles. The van der Waals surface area contributed by atoms with Crippen molar-refractivity contribution in [2.75, 3.05) is 20.6 Å². The molecule has 2 amide bonds. The van der Waals surface area contributed by atoms with Crippen LogP contribution in [0.2, 0.25) is 0 Å². The second kappa shape index (κ2) is 6.00. The standard InChI is InChI=1S/C12H17N3O2/c1-14-10(16)8-15(2)12(17)11(13)9-6-4-3-5-7-9/h3-7,11H,8,13H2,1-2H3,(H,14,16)/t11-/m1/s1. The summed E-state index contributed by atoms with van der Waals surface area (Å²) in [6, 6.07) is 8.34. The Balaban J connectivity index is 2.67. The van der Waals surface area contributed by atoms with E-state index in [-0.39, 0.29) is 18.4 Å². The summed E-state index contributed by atoms with van der Waals surface area (Å²) in [5.74, 6) is -0.499. The van der Waals surface area contributed by atoms with E-state index in [4.69, 9.17) is 5.73 Å². The molecule has 1 atom stereocenters. The molecule has 0 unspecified atom stereocenters. The number of benzene rings is 1. The number of nitrogens with zero attached hydrogens (tertiary/aromatic N) is 1. The molecule has 1 aromatic rings. The van der Waals surface area contributed by atoms with E-state index in [9.17, 15) is 9.59 Å². The maximum atomic E-state index is 11.9. The van der Waals surface area contributed by atoms with Crippen molar-refractivity contribution in [3.05, 3.63) is 35.9 Å². The van der Waals surface area contributed by atoms with Crippen LogP contribution in [-0.4, -0.2) is 37.4 Å². The molecule has 0 fully saturated rings. The van der Waals surface area contributed by atoms with Gasteiger partial charge in [0, 0.05) is 14.1 Å². The number of nitrogens with two attached hydrogens (primary N) is 1. The lowest BCUT2D eigenvalue weighted by Crippen LogP contribution is -2.41. The van der Waals surface area contributed by atoms with Gasteiger partial charge in [-0.15, -0.1) is 0 Å². The number of hydrogen-bond acceptors (Lipinski definition) is 3. The van der Waals surface area contributed by atoms with Gasteiger partial charge in [0.05, 0.1) is 6.54 Å². The second-order valence-electron chi connectivity index (χ2n) is 3.76. The molecule has 0 aliphatic carbocycles. The Morgan fingerprint density at radius 2 is 1.94 bits per heavy atom. The molecular formula is C12H17N3O2. The average molecular weight is 235 g/mol. The summed E-state index contributed by atoms with van der Waals surface area (Å²) < 4.78 is 0. The molecule has 17 heavy (non-hydrogen) atoms. The smallest absolute Gasteiger partial charge is 0.244 e. The van der Waals surface area contributed by atoms with E-state index < -0.39 is 6.04 Å². The topological polar surface area (TPSA) is 75.4 Å². The monoisotopic (exact) mass is 235 g/mol. The molecule has 0 heterocycles. The van der Waals surface area contributed by atoms with Crippen LogP contribution in [0.3, 0.4) is 0 Å². The first kappa shape index (κ1) is 13.2. The normalized spacial score (nSPS) is 11.7. The Bertz CT molecular complexity index is 392. The molecule has 92 valence electrons. The molecule has 0 saturated heterocycles. The van der Waals surface area contributed by atoms with Crippen molar-refractivity contribution >= 4 is 11.8 Å². The van der Waals surface area contributed by atoms with Gasteiger partial charge >= 0.3 is 0 Å². The van der Waals surface area contributed by atoms with E-state index in [0.717, 1.165) is 5.56 Å². The molecule has 0 bridgehead atoms. The predicted octanol–water partition coefficient (Wildman–Crippen LogP) is -0.109. The number of likely N-dealkylation sites (N-methyl/N-ethyl adjacent to an activating group) is 2. The zero-order chi connectivity index (χ0) is 12.8. The van der Waals surface area contributed by atoms with Crippen LogP contribution >= 0.6 is 0 Å². The lowest BCUT2D eigenvalue weighted by molar-refractivity contribution is -0.135. The van der Waals surface area contributed by atoms with Gasteiger partial charge in [0.1, 0.15) is 6.04 Å². The minimum Gasteiger partial charge on any atom is -0.358 e. The predicted molar refractivity (Wildman–Crippen MR) is 65.1 cm³/mol. The molecule has 0 spiro atoms. The van der Waals surface area contributed by atoms with Crippen molar-refractivity contribution in [1.82, 2.24) is 10.2 Å². The number of amides is 2. The molecule has 5 nitrogen and oxygen atoms in total. The van der Waals surface area contributed by atoms with Gasteiger partial charge in [-0.2, -0.15) is 0 Å². The van der Waals surface area contributed by atoms with E-state index in [2.05, 4.69) is 5.32 Å². The van der Waals surface area contributed by atoms with Crippen molar-refractivity contribution < 1.29 is 9.59 Å². The van der Waals surface area contributed by atoms with Crippen molar-refractivity contribution in [2.45, 2.75) is 6.04 Å². The van der Waals surface area contributed by atoms with E-state index in [1.165, 1.54) is 11.9 Å². The summed E-state index contributed by atoms with van der Waals surface area (Å²) in [7, 11) is 3.08. The maximum Gasteiger partial charge on any atom is 0.244 e. The molecule has 0 aromatic heterocycles. The van der Waals surface area contributed by atoms with Crippen molar-refractivity contribution in [1.29, 1.82) is 0 Å². The molecule has 0 saturated carbocycles. The van der Waals surface area contributed by atoms with E-state index >= 15 is 0 Å². The van der Waals surface area contributed by atoms with Gasteiger partial charge in [-0.25, -0.2) is 0 Å². The Hall–Kier alpha value is -1.88. The highest BCUT2D eigenvalue weighted by atomic mass is 16.2. The number of hydrogen-bond donors (Lipinski definition) is 2. The molecular weight excluding hydrogens is 218 g/mol. The second-order valence-corrected chi connectivity index (χ2v) is 3.76. The molecule has 5 heteroatoms. The molecule has 3 N–H and O–H groups in total. The summed E-state index contributed by atoms with van der Waals surface area (Å²) in [5.41, 5.74) is 6.57. The van der Waals surface area contributed by atoms with Crippen LogP contribution in [-0.2, 0) is 9.59 Å². The first-order chi connectivity index (χ1) is 8.06. The average Bonchev–Trinajstić information content (AvgIpc) is 2.37. The number of carbonyl (C=O) groups is 2. The Labute approximate surface area is 101 Å². The van der Waals surface area contributed by atoms with Gasteiger partial charge in [-0.3, -0.25) is 9.59 Å². The zero-order valence-electron chi connectivity index (χ0n) is 10.0. The first-order valence-electron chi connectivity index (χ1n) is 5.32. The fraction of sp³-hybridized carbons (Fsp3) is 0.333. The number of nitrogens with one attached hydrogen (secondary N) is 1. The largest absolute Gasteiger partial charge is 0.358 e. The fourth-order valence-corrected chi connectivity index (χ4v) is 1.41. The van der Waals surface area contributed by atoms with Gasteiger partial charge in [-0.05, 0) is 5.56 Å². The summed E-state index contributed by atoms with van der Waals surface area (Å²) in [6.45, 7) is 0.00979. The Morgan fingerprint density at radius 1 is 1.35 bits per heavy atom. The van der Waals surface area contributed by atoms with E-state index in [0.29, 0.717) is 0 Å². The van der Waals surface area contributed by atoms with Crippen molar-refractivity contribution in [3.8, 4) is 0 Å².